The summed E-state index contributed by atoms with van der Waals surface area (Å²) in [6, 6.07) is 11.0. The number of nitrogens with zero attached hydrogens (tertiary/aromatic N) is 2. The van der Waals surface area contributed by atoms with Gasteiger partial charge in [-0.15, -0.1) is 0 Å². The molecule has 2 rings (SSSR count). The number of rotatable bonds is 33. The third-order valence-electron chi connectivity index (χ3n) is 10.0. The second-order valence-corrected chi connectivity index (χ2v) is 14.3. The van der Waals surface area contributed by atoms with Gasteiger partial charge in [0.05, 0.1) is 6.54 Å². The Hall–Kier alpha value is -1.57. The number of hydrogen-bond donors (Lipinski definition) is 0. The summed E-state index contributed by atoms with van der Waals surface area (Å²) in [5.41, 5.74) is 1.41. The molecule has 258 valence electrons. The van der Waals surface area contributed by atoms with Crippen LogP contribution < -0.4 is 4.57 Å². The Labute approximate surface area is 282 Å². The molecule has 0 N–H and O–H groups in total. The van der Waals surface area contributed by atoms with Gasteiger partial charge in [0.1, 0.15) is 18.9 Å². The Morgan fingerprint density at radius 3 is 1.24 bits per heavy atom. The van der Waals surface area contributed by atoms with Gasteiger partial charge in [0, 0.05) is 6.42 Å². The van der Waals surface area contributed by atoms with E-state index in [1.807, 2.05) is 0 Å². The standard InChI is InChI=1S/C43H77N2/c1-3-5-7-9-11-13-15-17-18-19-21-23-25-27-29-34-38-44-39-40-45(41-42-35-31-30-32-36-42)43(44)37-33-28-26-24-22-20-16-14-12-10-8-6-4-2/h30-32,35-36,39-40H,3-29,33-34,37-38,41H2,1-2H3/q+1. The Morgan fingerprint density at radius 1 is 0.444 bits per heavy atom. The molecule has 0 bridgehead atoms. The minimum Gasteiger partial charge on any atom is -0.234 e. The van der Waals surface area contributed by atoms with Crippen LogP contribution in [-0.2, 0) is 19.5 Å². The lowest BCUT2D eigenvalue weighted by molar-refractivity contribution is -0.704. The number of unbranched alkanes of at least 4 members (excludes halogenated alkanes) is 27. The Bertz CT molecular complexity index is 869. The molecule has 0 fully saturated rings. The van der Waals surface area contributed by atoms with E-state index in [2.05, 4.69) is 65.7 Å². The second-order valence-electron chi connectivity index (χ2n) is 14.3. The quantitative estimate of drug-likeness (QED) is 0.0554. The van der Waals surface area contributed by atoms with Crippen molar-refractivity contribution < 1.29 is 4.57 Å². The van der Waals surface area contributed by atoms with E-state index in [0.717, 1.165) is 6.54 Å². The third-order valence-corrected chi connectivity index (χ3v) is 10.0. The molecule has 1 aromatic carbocycles. The monoisotopic (exact) mass is 622 g/mol. The van der Waals surface area contributed by atoms with Crippen molar-refractivity contribution in [3.05, 3.63) is 54.1 Å². The van der Waals surface area contributed by atoms with Crippen molar-refractivity contribution in [2.45, 2.75) is 220 Å². The van der Waals surface area contributed by atoms with Gasteiger partial charge in [0.25, 0.3) is 5.82 Å². The van der Waals surface area contributed by atoms with Crippen LogP contribution in [0.15, 0.2) is 42.7 Å². The van der Waals surface area contributed by atoms with Gasteiger partial charge in [-0.2, -0.15) is 0 Å². The van der Waals surface area contributed by atoms with Crippen molar-refractivity contribution in [2.24, 2.45) is 0 Å². The number of hydrogen-bond acceptors (Lipinski definition) is 0. The maximum absolute atomic E-state index is 2.59. The summed E-state index contributed by atoms with van der Waals surface area (Å²) >= 11 is 0. The van der Waals surface area contributed by atoms with Gasteiger partial charge in [-0.1, -0.05) is 211 Å². The van der Waals surface area contributed by atoms with Crippen LogP contribution in [0.25, 0.3) is 0 Å². The van der Waals surface area contributed by atoms with Crippen molar-refractivity contribution in [2.75, 3.05) is 0 Å². The fraction of sp³-hybridized carbons (Fsp3) is 0.791. The number of aromatic nitrogens is 2. The lowest BCUT2D eigenvalue weighted by atomic mass is 10.0. The van der Waals surface area contributed by atoms with Crippen LogP contribution in [0.4, 0.5) is 0 Å². The molecule has 1 aromatic heterocycles. The van der Waals surface area contributed by atoms with E-state index in [-0.39, 0.29) is 0 Å². The molecule has 0 aliphatic carbocycles. The van der Waals surface area contributed by atoms with E-state index in [4.69, 9.17) is 0 Å². The van der Waals surface area contributed by atoms with Gasteiger partial charge in [0.15, 0.2) is 0 Å². The summed E-state index contributed by atoms with van der Waals surface area (Å²) in [7, 11) is 0. The van der Waals surface area contributed by atoms with Crippen LogP contribution in [0.3, 0.4) is 0 Å². The molecular weight excluding hydrogens is 544 g/mol. The highest BCUT2D eigenvalue weighted by Crippen LogP contribution is 2.16. The molecule has 0 aliphatic heterocycles. The first-order valence-electron chi connectivity index (χ1n) is 20.5. The van der Waals surface area contributed by atoms with Crippen LogP contribution in [-0.4, -0.2) is 4.57 Å². The van der Waals surface area contributed by atoms with Gasteiger partial charge < -0.3 is 0 Å². The molecule has 1 heterocycles. The van der Waals surface area contributed by atoms with Crippen LogP contribution in [0.5, 0.6) is 0 Å². The molecule has 0 saturated carbocycles. The average Bonchev–Trinajstić information content (AvgIpc) is 3.44. The van der Waals surface area contributed by atoms with Crippen LogP contribution >= 0.6 is 0 Å². The van der Waals surface area contributed by atoms with Gasteiger partial charge in [-0.25, -0.2) is 9.13 Å². The molecular formula is C43H77N2+. The van der Waals surface area contributed by atoms with Crippen molar-refractivity contribution in [1.82, 2.24) is 4.57 Å². The summed E-state index contributed by atoms with van der Waals surface area (Å²) < 4.78 is 5.12. The van der Waals surface area contributed by atoms with E-state index in [1.54, 1.807) is 5.82 Å². The molecule has 2 aromatic rings. The fourth-order valence-corrected chi connectivity index (χ4v) is 7.04. The van der Waals surface area contributed by atoms with Gasteiger partial charge in [-0.05, 0) is 24.8 Å². The first-order chi connectivity index (χ1) is 22.3. The predicted octanol–water partition coefficient (Wildman–Crippen LogP) is 13.7. The Kier molecular flexibility index (Phi) is 26.2. The largest absolute Gasteiger partial charge is 0.256 e. The number of benzene rings is 1. The first kappa shape index (κ1) is 39.6. The zero-order valence-electron chi connectivity index (χ0n) is 30.6. The SMILES string of the molecule is CCCCCCCCCCCCCCCCCC[n+]1ccn(Cc2ccccc2)c1CCCCCCCCCCCCCCC. The summed E-state index contributed by atoms with van der Waals surface area (Å²) in [5.74, 6) is 1.54. The van der Waals surface area contributed by atoms with Gasteiger partial charge in [-0.3, -0.25) is 0 Å². The molecule has 0 radical (unpaired) electrons. The van der Waals surface area contributed by atoms with Gasteiger partial charge in [0.2, 0.25) is 0 Å². The highest BCUT2D eigenvalue weighted by molar-refractivity contribution is 5.15. The van der Waals surface area contributed by atoms with Crippen molar-refractivity contribution >= 4 is 0 Å². The topological polar surface area (TPSA) is 8.81 Å². The van der Waals surface area contributed by atoms with Crippen molar-refractivity contribution in [3.8, 4) is 0 Å². The molecule has 0 atom stereocenters. The summed E-state index contributed by atoms with van der Waals surface area (Å²) in [6.45, 7) is 6.80. The zero-order valence-corrected chi connectivity index (χ0v) is 30.6. The molecule has 0 aliphatic rings. The normalized spacial score (nSPS) is 11.5. The average molecular weight is 622 g/mol. The van der Waals surface area contributed by atoms with E-state index in [1.165, 1.54) is 205 Å². The van der Waals surface area contributed by atoms with E-state index in [9.17, 15) is 0 Å². The van der Waals surface area contributed by atoms with E-state index in [0.29, 0.717) is 0 Å². The highest BCUT2D eigenvalue weighted by atomic mass is 15.1. The lowest BCUT2D eigenvalue weighted by Gasteiger charge is -2.07. The van der Waals surface area contributed by atoms with Crippen molar-refractivity contribution in [1.29, 1.82) is 0 Å². The summed E-state index contributed by atoms with van der Waals surface area (Å²) in [5, 5.41) is 0. The van der Waals surface area contributed by atoms with E-state index >= 15 is 0 Å². The molecule has 0 amide bonds. The first-order valence-corrected chi connectivity index (χ1v) is 20.5. The molecule has 0 saturated heterocycles. The minimum absolute atomic E-state index is 1.00. The molecule has 2 heteroatoms. The second kappa shape index (κ2) is 29.8. The number of imidazole rings is 1. The Balaban J connectivity index is 1.56. The molecule has 45 heavy (non-hydrogen) atoms. The van der Waals surface area contributed by atoms with Gasteiger partial charge >= 0.3 is 0 Å². The minimum atomic E-state index is 1.00. The maximum Gasteiger partial charge on any atom is 0.256 e. The predicted molar refractivity (Wildman–Crippen MR) is 199 cm³/mol. The molecule has 0 spiro atoms. The van der Waals surface area contributed by atoms with Crippen molar-refractivity contribution in [3.63, 3.8) is 0 Å². The highest BCUT2D eigenvalue weighted by Gasteiger charge is 2.17. The summed E-state index contributed by atoms with van der Waals surface area (Å²) in [6.07, 6.45) is 47.4. The lowest BCUT2D eigenvalue weighted by Crippen LogP contribution is -2.37. The fourth-order valence-electron chi connectivity index (χ4n) is 7.04. The Morgan fingerprint density at radius 2 is 0.822 bits per heavy atom. The van der Waals surface area contributed by atoms with Crippen LogP contribution in [0.1, 0.15) is 211 Å². The maximum atomic E-state index is 2.59. The molecule has 2 nitrogen and oxygen atoms in total. The van der Waals surface area contributed by atoms with E-state index < -0.39 is 0 Å². The zero-order chi connectivity index (χ0) is 31.9. The van der Waals surface area contributed by atoms with Crippen LogP contribution in [0.2, 0.25) is 0 Å². The number of aryl methyl sites for hydroxylation is 1. The molecule has 0 unspecified atom stereocenters. The third kappa shape index (κ3) is 21.8. The van der Waals surface area contributed by atoms with Crippen LogP contribution in [0, 0.1) is 0 Å². The summed E-state index contributed by atoms with van der Waals surface area (Å²) in [4.78, 5) is 0. The smallest absolute Gasteiger partial charge is 0.234 e.